The molecule has 2 aromatic heterocycles. The molecule has 0 bridgehead atoms. The summed E-state index contributed by atoms with van der Waals surface area (Å²) in [6, 6.07) is 15.5. The zero-order chi connectivity index (χ0) is 21.5. The summed E-state index contributed by atoms with van der Waals surface area (Å²) >= 11 is 1.74. The Balaban J connectivity index is 1.21. The number of benzene rings is 2. The molecule has 7 heteroatoms. The van der Waals surface area contributed by atoms with Gasteiger partial charge < -0.3 is 15.8 Å². The van der Waals surface area contributed by atoms with Gasteiger partial charge in [0.1, 0.15) is 10.8 Å². The minimum atomic E-state index is 0.276. The van der Waals surface area contributed by atoms with E-state index in [0.717, 1.165) is 57.7 Å². The Hall–Kier alpha value is -3.03. The van der Waals surface area contributed by atoms with Crippen LogP contribution in [0.15, 0.2) is 48.7 Å². The van der Waals surface area contributed by atoms with E-state index in [-0.39, 0.29) is 11.9 Å². The summed E-state index contributed by atoms with van der Waals surface area (Å²) in [6.45, 7) is 1.72. The zero-order valence-electron chi connectivity index (χ0n) is 17.8. The molecule has 0 spiro atoms. The van der Waals surface area contributed by atoms with E-state index in [1.165, 1.54) is 24.0 Å². The number of thiazole rings is 1. The fourth-order valence-electron chi connectivity index (χ4n) is 4.28. The van der Waals surface area contributed by atoms with Crippen LogP contribution in [0.4, 0.5) is 5.95 Å². The van der Waals surface area contributed by atoms with Crippen LogP contribution in [0.2, 0.25) is 0 Å². The van der Waals surface area contributed by atoms with Gasteiger partial charge >= 0.3 is 0 Å². The minimum absolute atomic E-state index is 0.276. The highest BCUT2D eigenvalue weighted by Crippen LogP contribution is 2.37. The summed E-state index contributed by atoms with van der Waals surface area (Å²) in [5, 5.41) is 4.73. The Morgan fingerprint density at radius 2 is 2.03 bits per heavy atom. The maximum atomic E-state index is 6.12. The van der Waals surface area contributed by atoms with Crippen LogP contribution >= 0.6 is 11.3 Å². The predicted molar refractivity (Wildman–Crippen MR) is 128 cm³/mol. The fraction of sp³-hybridized carbons (Fsp3) is 0.320. The van der Waals surface area contributed by atoms with Gasteiger partial charge in [0.05, 0.1) is 22.5 Å². The van der Waals surface area contributed by atoms with Crippen molar-refractivity contribution in [3.63, 3.8) is 0 Å². The first kappa shape index (κ1) is 19.6. The van der Waals surface area contributed by atoms with E-state index < -0.39 is 0 Å². The van der Waals surface area contributed by atoms with Gasteiger partial charge in [-0.1, -0.05) is 18.2 Å². The first-order chi connectivity index (χ1) is 15.7. The van der Waals surface area contributed by atoms with Gasteiger partial charge in [-0.2, -0.15) is 0 Å². The Morgan fingerprint density at radius 3 is 2.91 bits per heavy atom. The standard InChI is InChI=1S/C25H25N5OS/c26-25-28-10-8-20(30-25)16-2-5-21-23(13-16)32-24(29-21)18-12-17-11-15(1-6-22(17)31-14-18)7-9-27-19-3-4-19/h1-2,5-6,8,10-11,13,18-19,27H,3-4,7,9,12,14H2,(H2,26,28,30). The minimum Gasteiger partial charge on any atom is -0.493 e. The molecule has 2 aromatic carbocycles. The third kappa shape index (κ3) is 4.06. The van der Waals surface area contributed by atoms with Gasteiger partial charge in [0, 0.05) is 23.7 Å². The number of nitrogens with zero attached hydrogens (tertiary/aromatic N) is 3. The van der Waals surface area contributed by atoms with Crippen LogP contribution in [0, 0.1) is 0 Å². The lowest BCUT2D eigenvalue weighted by Crippen LogP contribution is -2.21. The van der Waals surface area contributed by atoms with Crippen LogP contribution < -0.4 is 15.8 Å². The predicted octanol–water partition coefficient (Wildman–Crippen LogP) is 4.35. The molecule has 2 aliphatic rings. The van der Waals surface area contributed by atoms with Gasteiger partial charge in [0.2, 0.25) is 5.95 Å². The van der Waals surface area contributed by atoms with E-state index in [9.17, 15) is 0 Å². The number of hydrogen-bond donors (Lipinski definition) is 2. The Kier molecular flexibility index (Phi) is 5.00. The molecule has 1 fully saturated rings. The lowest BCUT2D eigenvalue weighted by molar-refractivity contribution is 0.262. The zero-order valence-corrected chi connectivity index (χ0v) is 18.6. The Morgan fingerprint density at radius 1 is 1.09 bits per heavy atom. The van der Waals surface area contributed by atoms with Crippen molar-refractivity contribution >= 4 is 27.5 Å². The molecule has 1 aliphatic carbocycles. The number of nitrogens with two attached hydrogens (primary N) is 1. The molecule has 0 radical (unpaired) electrons. The third-order valence-corrected chi connectivity index (χ3v) is 7.36. The second-order valence-corrected chi connectivity index (χ2v) is 9.73. The average Bonchev–Trinajstić information content (AvgIpc) is 3.54. The summed E-state index contributed by atoms with van der Waals surface area (Å²) < 4.78 is 7.27. The molecule has 6 rings (SSSR count). The third-order valence-electron chi connectivity index (χ3n) is 6.18. The van der Waals surface area contributed by atoms with E-state index in [0.29, 0.717) is 6.61 Å². The van der Waals surface area contributed by atoms with Crippen molar-refractivity contribution in [2.75, 3.05) is 18.9 Å². The molecule has 1 aliphatic heterocycles. The van der Waals surface area contributed by atoms with Gasteiger partial charge in [-0.25, -0.2) is 15.0 Å². The Bertz CT molecular complexity index is 1280. The summed E-state index contributed by atoms with van der Waals surface area (Å²) in [7, 11) is 0. The molecule has 32 heavy (non-hydrogen) atoms. The van der Waals surface area contributed by atoms with Crippen molar-refractivity contribution in [2.45, 2.75) is 37.6 Å². The summed E-state index contributed by atoms with van der Waals surface area (Å²) in [4.78, 5) is 13.3. The van der Waals surface area contributed by atoms with Crippen LogP contribution in [0.3, 0.4) is 0 Å². The van der Waals surface area contributed by atoms with Gasteiger partial charge in [-0.15, -0.1) is 11.3 Å². The summed E-state index contributed by atoms with van der Waals surface area (Å²) in [5.41, 5.74) is 11.3. The van der Waals surface area contributed by atoms with E-state index in [4.69, 9.17) is 15.5 Å². The van der Waals surface area contributed by atoms with Crippen molar-refractivity contribution in [1.29, 1.82) is 0 Å². The second-order valence-electron chi connectivity index (χ2n) is 8.67. The highest BCUT2D eigenvalue weighted by atomic mass is 32.1. The molecule has 162 valence electrons. The van der Waals surface area contributed by atoms with Crippen molar-refractivity contribution < 1.29 is 4.74 Å². The largest absolute Gasteiger partial charge is 0.493 e. The second kappa shape index (κ2) is 8.15. The van der Waals surface area contributed by atoms with Crippen LogP contribution in [-0.4, -0.2) is 34.1 Å². The molecule has 1 unspecified atom stereocenters. The van der Waals surface area contributed by atoms with E-state index in [2.05, 4.69) is 45.6 Å². The molecule has 0 saturated heterocycles. The number of fused-ring (bicyclic) bond motifs is 2. The van der Waals surface area contributed by atoms with Crippen molar-refractivity contribution in [3.8, 4) is 17.0 Å². The maximum absolute atomic E-state index is 6.12. The number of hydrogen-bond acceptors (Lipinski definition) is 7. The average molecular weight is 444 g/mol. The van der Waals surface area contributed by atoms with Crippen LogP contribution in [0.25, 0.3) is 21.5 Å². The van der Waals surface area contributed by atoms with Crippen LogP contribution in [-0.2, 0) is 12.8 Å². The van der Waals surface area contributed by atoms with Crippen molar-refractivity contribution in [1.82, 2.24) is 20.3 Å². The van der Waals surface area contributed by atoms with Gasteiger partial charge in [0.25, 0.3) is 0 Å². The first-order valence-corrected chi connectivity index (χ1v) is 12.0. The Labute approximate surface area is 190 Å². The van der Waals surface area contributed by atoms with Crippen LogP contribution in [0.5, 0.6) is 5.75 Å². The number of nitrogen functional groups attached to an aromatic ring is 1. The molecule has 3 N–H and O–H groups in total. The highest BCUT2D eigenvalue weighted by molar-refractivity contribution is 7.18. The molecular formula is C25H25N5OS. The molecule has 1 saturated carbocycles. The molecule has 6 nitrogen and oxygen atoms in total. The van der Waals surface area contributed by atoms with Gasteiger partial charge in [-0.05, 0) is 67.6 Å². The van der Waals surface area contributed by atoms with Gasteiger partial charge in [0.15, 0.2) is 0 Å². The number of aromatic nitrogens is 3. The molecular weight excluding hydrogens is 418 g/mol. The van der Waals surface area contributed by atoms with E-state index >= 15 is 0 Å². The van der Waals surface area contributed by atoms with E-state index in [1.54, 1.807) is 17.5 Å². The summed E-state index contributed by atoms with van der Waals surface area (Å²) in [6.07, 6.45) is 6.38. The topological polar surface area (TPSA) is 86.0 Å². The lowest BCUT2D eigenvalue weighted by atomic mass is 9.95. The first-order valence-electron chi connectivity index (χ1n) is 11.2. The van der Waals surface area contributed by atoms with Crippen LogP contribution in [0.1, 0.15) is 34.9 Å². The monoisotopic (exact) mass is 443 g/mol. The molecule has 3 heterocycles. The fourth-order valence-corrected chi connectivity index (χ4v) is 5.37. The van der Waals surface area contributed by atoms with E-state index in [1.807, 2.05) is 12.1 Å². The lowest BCUT2D eigenvalue weighted by Gasteiger charge is -2.24. The molecule has 4 aromatic rings. The smallest absolute Gasteiger partial charge is 0.220 e. The number of rotatable bonds is 6. The number of ether oxygens (including phenoxy) is 1. The van der Waals surface area contributed by atoms with Gasteiger partial charge in [-0.3, -0.25) is 0 Å². The molecule has 1 atom stereocenters. The number of nitrogens with one attached hydrogen (secondary N) is 1. The SMILES string of the molecule is Nc1nccc(-c2ccc3nc(C4COc5ccc(CCNC6CC6)cc5C4)sc3c2)n1. The number of anilines is 1. The molecule has 0 amide bonds. The quantitative estimate of drug-likeness (QED) is 0.461. The van der Waals surface area contributed by atoms with Crippen molar-refractivity contribution in [3.05, 3.63) is 64.8 Å². The highest BCUT2D eigenvalue weighted by Gasteiger charge is 2.25. The normalized spacial score (nSPS) is 17.8. The van der Waals surface area contributed by atoms with Crippen molar-refractivity contribution in [2.24, 2.45) is 0 Å². The summed E-state index contributed by atoms with van der Waals surface area (Å²) in [5.74, 6) is 1.58. The maximum Gasteiger partial charge on any atom is 0.220 e.